The molecule has 0 aromatic heterocycles. The van der Waals surface area contributed by atoms with Crippen molar-refractivity contribution in [2.75, 3.05) is 18.6 Å². The van der Waals surface area contributed by atoms with E-state index in [-0.39, 0.29) is 17.9 Å². The summed E-state index contributed by atoms with van der Waals surface area (Å²) in [6.45, 7) is 7.68. The first kappa shape index (κ1) is 15.7. The standard InChI is InChI=1S/C11H24N2O2S/c1-10(2,3)8(12)9(14)13-6-11(4,15)7-16-5/h8,15H,6-7,12H2,1-5H3,(H,13,14)/t8-,11?/m1/s1. The molecular formula is C11H24N2O2S. The zero-order chi connectivity index (χ0) is 13.0. The van der Waals surface area contributed by atoms with E-state index in [1.165, 1.54) is 0 Å². The Morgan fingerprint density at radius 2 is 1.94 bits per heavy atom. The normalized spacial score (nSPS) is 17.7. The summed E-state index contributed by atoms with van der Waals surface area (Å²) in [4.78, 5) is 11.7. The van der Waals surface area contributed by atoms with E-state index in [0.29, 0.717) is 5.75 Å². The molecule has 16 heavy (non-hydrogen) atoms. The van der Waals surface area contributed by atoms with E-state index in [9.17, 15) is 9.90 Å². The van der Waals surface area contributed by atoms with Gasteiger partial charge in [-0.05, 0) is 18.6 Å². The number of rotatable bonds is 5. The van der Waals surface area contributed by atoms with Crippen molar-refractivity contribution in [3.05, 3.63) is 0 Å². The van der Waals surface area contributed by atoms with Crippen LogP contribution in [0.3, 0.4) is 0 Å². The smallest absolute Gasteiger partial charge is 0.237 e. The number of thioether (sulfide) groups is 1. The van der Waals surface area contributed by atoms with Crippen LogP contribution in [0.15, 0.2) is 0 Å². The molecule has 0 rings (SSSR count). The van der Waals surface area contributed by atoms with Crippen molar-refractivity contribution in [3.63, 3.8) is 0 Å². The molecule has 0 aromatic rings. The van der Waals surface area contributed by atoms with Crippen LogP contribution in [0.4, 0.5) is 0 Å². The number of hydrogen-bond donors (Lipinski definition) is 3. The topological polar surface area (TPSA) is 75.3 Å². The van der Waals surface area contributed by atoms with Crippen molar-refractivity contribution in [2.45, 2.75) is 39.3 Å². The molecule has 4 nitrogen and oxygen atoms in total. The number of carbonyl (C=O) groups is 1. The van der Waals surface area contributed by atoms with Crippen molar-refractivity contribution in [2.24, 2.45) is 11.1 Å². The van der Waals surface area contributed by atoms with E-state index < -0.39 is 11.6 Å². The molecule has 2 atom stereocenters. The van der Waals surface area contributed by atoms with Crippen LogP contribution in [0.2, 0.25) is 0 Å². The Bertz CT molecular complexity index is 237. The molecule has 0 aliphatic rings. The van der Waals surface area contributed by atoms with Crippen LogP contribution >= 0.6 is 11.8 Å². The van der Waals surface area contributed by atoms with Gasteiger partial charge in [0.1, 0.15) is 0 Å². The Hall–Kier alpha value is -0.260. The first-order chi connectivity index (χ1) is 7.10. The molecular weight excluding hydrogens is 224 g/mol. The minimum Gasteiger partial charge on any atom is -0.387 e. The maximum Gasteiger partial charge on any atom is 0.237 e. The second-order valence-electron chi connectivity index (χ2n) is 5.49. The van der Waals surface area contributed by atoms with Crippen LogP contribution in [-0.4, -0.2) is 41.2 Å². The summed E-state index contributed by atoms with van der Waals surface area (Å²) >= 11 is 1.54. The molecule has 0 radical (unpaired) electrons. The van der Waals surface area contributed by atoms with Gasteiger partial charge in [0.2, 0.25) is 5.91 Å². The number of nitrogens with two attached hydrogens (primary N) is 1. The fraction of sp³-hybridized carbons (Fsp3) is 0.909. The third-order valence-corrected chi connectivity index (χ3v) is 3.22. The minimum absolute atomic E-state index is 0.214. The van der Waals surface area contributed by atoms with Gasteiger partial charge in [0.25, 0.3) is 0 Å². The summed E-state index contributed by atoms with van der Waals surface area (Å²) in [6.07, 6.45) is 1.91. The Kier molecular flexibility index (Phi) is 5.79. The molecule has 1 unspecified atom stereocenters. The molecule has 0 saturated carbocycles. The lowest BCUT2D eigenvalue weighted by Gasteiger charge is -2.28. The van der Waals surface area contributed by atoms with Crippen molar-refractivity contribution in [1.29, 1.82) is 0 Å². The van der Waals surface area contributed by atoms with Gasteiger partial charge in [-0.15, -0.1) is 0 Å². The summed E-state index contributed by atoms with van der Waals surface area (Å²) in [5, 5.41) is 12.6. The highest BCUT2D eigenvalue weighted by molar-refractivity contribution is 7.98. The Morgan fingerprint density at radius 3 is 2.31 bits per heavy atom. The van der Waals surface area contributed by atoms with Crippen molar-refractivity contribution in [1.82, 2.24) is 5.32 Å². The Balaban J connectivity index is 4.18. The maximum atomic E-state index is 11.7. The fourth-order valence-corrected chi connectivity index (χ4v) is 1.87. The third-order valence-electron chi connectivity index (χ3n) is 2.31. The summed E-state index contributed by atoms with van der Waals surface area (Å²) < 4.78 is 0. The van der Waals surface area contributed by atoms with Gasteiger partial charge in [-0.2, -0.15) is 11.8 Å². The van der Waals surface area contributed by atoms with Crippen LogP contribution in [0, 0.1) is 5.41 Å². The molecule has 0 bridgehead atoms. The van der Waals surface area contributed by atoms with E-state index in [4.69, 9.17) is 5.73 Å². The quantitative estimate of drug-likeness (QED) is 0.665. The van der Waals surface area contributed by atoms with Gasteiger partial charge in [0.15, 0.2) is 0 Å². The summed E-state index contributed by atoms with van der Waals surface area (Å²) in [6, 6.07) is -0.558. The number of amides is 1. The molecule has 0 aromatic carbocycles. The highest BCUT2D eigenvalue weighted by Gasteiger charge is 2.29. The molecule has 5 heteroatoms. The molecule has 1 amide bonds. The molecule has 0 fully saturated rings. The molecule has 0 saturated heterocycles. The number of nitrogens with one attached hydrogen (secondary N) is 1. The van der Waals surface area contributed by atoms with Gasteiger partial charge in [0, 0.05) is 12.3 Å². The monoisotopic (exact) mass is 248 g/mol. The molecule has 0 aliphatic heterocycles. The summed E-state index contributed by atoms with van der Waals surface area (Å²) in [7, 11) is 0. The van der Waals surface area contributed by atoms with Gasteiger partial charge in [-0.3, -0.25) is 4.79 Å². The van der Waals surface area contributed by atoms with Crippen LogP contribution in [-0.2, 0) is 4.79 Å². The first-order valence-electron chi connectivity index (χ1n) is 5.35. The zero-order valence-electron chi connectivity index (χ0n) is 10.8. The molecule has 0 heterocycles. The molecule has 96 valence electrons. The third kappa shape index (κ3) is 5.72. The lowest BCUT2D eigenvalue weighted by molar-refractivity contribution is -0.125. The lowest BCUT2D eigenvalue weighted by atomic mass is 9.87. The molecule has 0 spiro atoms. The minimum atomic E-state index is -0.882. The van der Waals surface area contributed by atoms with E-state index in [2.05, 4.69) is 5.32 Å². The SMILES string of the molecule is CSCC(C)(O)CNC(=O)[C@@H](N)C(C)(C)C. The van der Waals surface area contributed by atoms with Crippen LogP contribution in [0.25, 0.3) is 0 Å². The van der Waals surface area contributed by atoms with Crippen molar-refractivity contribution >= 4 is 17.7 Å². The van der Waals surface area contributed by atoms with E-state index in [1.807, 2.05) is 27.0 Å². The summed E-state index contributed by atoms with van der Waals surface area (Å²) in [5.74, 6) is 0.367. The Morgan fingerprint density at radius 1 is 1.44 bits per heavy atom. The van der Waals surface area contributed by atoms with Gasteiger partial charge in [-0.25, -0.2) is 0 Å². The van der Waals surface area contributed by atoms with Crippen LogP contribution in [0.5, 0.6) is 0 Å². The van der Waals surface area contributed by atoms with E-state index in [0.717, 1.165) is 0 Å². The number of hydrogen-bond acceptors (Lipinski definition) is 4. The van der Waals surface area contributed by atoms with Crippen molar-refractivity contribution in [3.8, 4) is 0 Å². The van der Waals surface area contributed by atoms with Gasteiger partial charge in [-0.1, -0.05) is 20.8 Å². The lowest BCUT2D eigenvalue weighted by Crippen LogP contribution is -2.52. The fourth-order valence-electron chi connectivity index (χ4n) is 1.14. The average molecular weight is 248 g/mol. The number of aliphatic hydroxyl groups is 1. The highest BCUT2D eigenvalue weighted by Crippen LogP contribution is 2.17. The van der Waals surface area contributed by atoms with E-state index >= 15 is 0 Å². The summed E-state index contributed by atoms with van der Waals surface area (Å²) in [5.41, 5.74) is 4.65. The zero-order valence-corrected chi connectivity index (χ0v) is 11.6. The van der Waals surface area contributed by atoms with Gasteiger partial charge >= 0.3 is 0 Å². The van der Waals surface area contributed by atoms with Gasteiger partial charge in [0.05, 0.1) is 11.6 Å². The van der Waals surface area contributed by atoms with Crippen molar-refractivity contribution < 1.29 is 9.90 Å². The predicted molar refractivity (Wildman–Crippen MR) is 69.4 cm³/mol. The largest absolute Gasteiger partial charge is 0.387 e. The molecule has 0 aliphatic carbocycles. The average Bonchev–Trinajstić information content (AvgIpc) is 2.11. The second kappa shape index (κ2) is 5.89. The molecule has 4 N–H and O–H groups in total. The highest BCUT2D eigenvalue weighted by atomic mass is 32.2. The first-order valence-corrected chi connectivity index (χ1v) is 6.74. The van der Waals surface area contributed by atoms with Gasteiger partial charge < -0.3 is 16.2 Å². The maximum absolute atomic E-state index is 11.7. The predicted octanol–water partition coefficient (Wildman–Crippen LogP) is 0.590. The van der Waals surface area contributed by atoms with Crippen LogP contribution in [0.1, 0.15) is 27.7 Å². The van der Waals surface area contributed by atoms with E-state index in [1.54, 1.807) is 18.7 Å². The Labute approximate surface area is 102 Å². The number of carbonyl (C=O) groups excluding carboxylic acids is 1. The second-order valence-corrected chi connectivity index (χ2v) is 6.36. The van der Waals surface area contributed by atoms with Crippen LogP contribution < -0.4 is 11.1 Å².